The Hall–Kier alpha value is 0.407. The zero-order valence-corrected chi connectivity index (χ0v) is 16.1. The second-order valence-electron chi connectivity index (χ2n) is 8.08. The Bertz CT molecular complexity index is 380. The van der Waals surface area contributed by atoms with E-state index in [0.29, 0.717) is 6.61 Å². The van der Waals surface area contributed by atoms with Crippen molar-refractivity contribution in [2.45, 2.75) is 82.1 Å². The van der Waals surface area contributed by atoms with Gasteiger partial charge in [-0.3, -0.25) is 0 Å². The van der Waals surface area contributed by atoms with Gasteiger partial charge in [-0.2, -0.15) is 11.8 Å². The van der Waals surface area contributed by atoms with Gasteiger partial charge in [0, 0.05) is 5.75 Å². The molecule has 0 spiro atoms. The molecule has 2 rings (SSSR count). The van der Waals surface area contributed by atoms with Crippen LogP contribution in [0, 0.1) is 0 Å². The molecule has 1 unspecified atom stereocenters. The molecule has 0 bridgehead atoms. The third-order valence-corrected chi connectivity index (χ3v) is 10.8. The zero-order chi connectivity index (χ0) is 16.1. The average Bonchev–Trinajstić information content (AvgIpc) is 2.79. The molecule has 1 N–H and O–H groups in total. The Labute approximate surface area is 134 Å². The number of rotatable bonds is 4. The van der Waals surface area contributed by atoms with Crippen LogP contribution in [0.2, 0.25) is 18.1 Å². The molecule has 21 heavy (non-hydrogen) atoms. The summed E-state index contributed by atoms with van der Waals surface area (Å²) in [5.41, 5.74) is 0. The van der Waals surface area contributed by atoms with Gasteiger partial charge in [0.1, 0.15) is 6.10 Å². The van der Waals surface area contributed by atoms with Gasteiger partial charge in [0.15, 0.2) is 14.1 Å². The van der Waals surface area contributed by atoms with Crippen LogP contribution in [-0.2, 0) is 13.9 Å². The van der Waals surface area contributed by atoms with Crippen molar-refractivity contribution in [3.8, 4) is 0 Å². The van der Waals surface area contributed by atoms with Crippen molar-refractivity contribution in [3.63, 3.8) is 0 Å². The minimum atomic E-state index is -1.82. The summed E-state index contributed by atoms with van der Waals surface area (Å²) in [5, 5.41) is 10.7. The number of hydrogen-bond acceptors (Lipinski definition) is 5. The van der Waals surface area contributed by atoms with Crippen LogP contribution in [0.15, 0.2) is 0 Å². The molecule has 6 heteroatoms. The quantitative estimate of drug-likeness (QED) is 0.801. The minimum absolute atomic E-state index is 0.0250. The molecule has 0 saturated carbocycles. The van der Waals surface area contributed by atoms with Gasteiger partial charge < -0.3 is 19.0 Å². The molecule has 2 aliphatic rings. The van der Waals surface area contributed by atoms with Crippen LogP contribution in [0.4, 0.5) is 0 Å². The molecule has 2 aliphatic heterocycles. The van der Waals surface area contributed by atoms with Crippen LogP contribution in [-0.4, -0.2) is 55.1 Å². The summed E-state index contributed by atoms with van der Waals surface area (Å²) >= 11 is 1.74. The maximum Gasteiger partial charge on any atom is 0.192 e. The van der Waals surface area contributed by atoms with Gasteiger partial charge in [0.05, 0.1) is 24.1 Å². The summed E-state index contributed by atoms with van der Waals surface area (Å²) in [6.45, 7) is 15.3. The van der Waals surface area contributed by atoms with Crippen molar-refractivity contribution >= 4 is 20.1 Å². The molecule has 2 heterocycles. The number of aliphatic hydroxyl groups excluding tert-OH is 1. The zero-order valence-electron chi connectivity index (χ0n) is 14.3. The predicted molar refractivity (Wildman–Crippen MR) is 89.2 cm³/mol. The molecule has 0 amide bonds. The SMILES string of the molecule is CC1(C)O[C@@H]2[C@@H](CS[C@H]2C(O)CO[Si](C)(C)C(C)(C)C)O1. The van der Waals surface area contributed by atoms with Crippen LogP contribution in [0.1, 0.15) is 34.6 Å². The monoisotopic (exact) mass is 334 g/mol. The van der Waals surface area contributed by atoms with Crippen LogP contribution in [0.3, 0.4) is 0 Å². The fraction of sp³-hybridized carbons (Fsp3) is 1.00. The molecule has 2 fully saturated rings. The topological polar surface area (TPSA) is 47.9 Å². The van der Waals surface area contributed by atoms with Crippen molar-refractivity contribution in [2.24, 2.45) is 0 Å². The summed E-state index contributed by atoms with van der Waals surface area (Å²) in [7, 11) is -1.82. The summed E-state index contributed by atoms with van der Waals surface area (Å²) < 4.78 is 18.0. The first kappa shape index (κ1) is 17.8. The van der Waals surface area contributed by atoms with E-state index < -0.39 is 20.2 Å². The molecule has 0 radical (unpaired) electrons. The maximum absolute atomic E-state index is 10.5. The third-order valence-electron chi connectivity index (χ3n) is 4.80. The van der Waals surface area contributed by atoms with Crippen molar-refractivity contribution < 1.29 is 19.0 Å². The maximum atomic E-state index is 10.5. The van der Waals surface area contributed by atoms with Crippen LogP contribution in [0.25, 0.3) is 0 Å². The molecule has 0 aromatic heterocycles. The summed E-state index contributed by atoms with van der Waals surface area (Å²) in [5.74, 6) is 0.352. The van der Waals surface area contributed by atoms with Crippen LogP contribution < -0.4 is 0 Å². The van der Waals surface area contributed by atoms with Gasteiger partial charge >= 0.3 is 0 Å². The normalized spacial score (nSPS) is 34.0. The van der Waals surface area contributed by atoms with Crippen molar-refractivity contribution in [1.29, 1.82) is 0 Å². The van der Waals surface area contributed by atoms with Gasteiger partial charge in [0.2, 0.25) is 0 Å². The molecule has 0 aliphatic carbocycles. The van der Waals surface area contributed by atoms with Gasteiger partial charge in [-0.15, -0.1) is 0 Å². The molecule has 0 aromatic carbocycles. The van der Waals surface area contributed by atoms with E-state index >= 15 is 0 Å². The fourth-order valence-electron chi connectivity index (χ4n) is 2.51. The number of thioether (sulfide) groups is 1. The van der Waals surface area contributed by atoms with E-state index in [1.54, 1.807) is 11.8 Å². The highest BCUT2D eigenvalue weighted by Crippen LogP contribution is 2.43. The smallest absolute Gasteiger partial charge is 0.192 e. The first-order valence-corrected chi connectivity index (χ1v) is 11.7. The van der Waals surface area contributed by atoms with E-state index in [4.69, 9.17) is 13.9 Å². The predicted octanol–water partition coefficient (Wildman–Crippen LogP) is 3.00. The van der Waals surface area contributed by atoms with Crippen molar-refractivity contribution in [1.82, 2.24) is 0 Å². The van der Waals surface area contributed by atoms with Crippen molar-refractivity contribution in [3.05, 3.63) is 0 Å². The van der Waals surface area contributed by atoms with E-state index in [2.05, 4.69) is 33.9 Å². The lowest BCUT2D eigenvalue weighted by molar-refractivity contribution is -0.147. The standard InChI is InChI=1S/C15H30O4SSi/c1-14(2,3)21(6,7)17-8-10(16)13-12-11(9-20-13)18-15(4,5)19-12/h10-13,16H,8-9H2,1-7H3/t10?,11-,12-,13+/m1/s1. The molecular weight excluding hydrogens is 304 g/mol. The Morgan fingerprint density at radius 3 is 2.52 bits per heavy atom. The first-order chi connectivity index (χ1) is 9.43. The lowest BCUT2D eigenvalue weighted by Crippen LogP contribution is -2.45. The second-order valence-corrected chi connectivity index (χ2v) is 14.1. The minimum Gasteiger partial charge on any atom is -0.414 e. The fourth-order valence-corrected chi connectivity index (χ4v) is 4.92. The number of aliphatic hydroxyl groups is 1. The van der Waals surface area contributed by atoms with E-state index in [1.807, 2.05) is 13.8 Å². The number of ether oxygens (including phenoxy) is 2. The highest BCUT2D eigenvalue weighted by molar-refractivity contribution is 8.00. The van der Waals surface area contributed by atoms with E-state index in [-0.39, 0.29) is 22.5 Å². The number of fused-ring (bicyclic) bond motifs is 1. The van der Waals surface area contributed by atoms with E-state index in [0.717, 1.165) is 5.75 Å². The molecule has 124 valence electrons. The highest BCUT2D eigenvalue weighted by atomic mass is 32.2. The molecule has 4 nitrogen and oxygen atoms in total. The largest absolute Gasteiger partial charge is 0.414 e. The average molecular weight is 335 g/mol. The molecular formula is C15H30O4SSi. The Morgan fingerprint density at radius 2 is 1.95 bits per heavy atom. The lowest BCUT2D eigenvalue weighted by atomic mass is 10.1. The molecule has 4 atom stereocenters. The molecule has 0 aromatic rings. The van der Waals surface area contributed by atoms with E-state index in [1.165, 1.54) is 0 Å². The second kappa shape index (κ2) is 5.80. The lowest BCUT2D eigenvalue weighted by Gasteiger charge is -2.37. The third kappa shape index (κ3) is 3.84. The van der Waals surface area contributed by atoms with Crippen LogP contribution >= 0.6 is 11.8 Å². The van der Waals surface area contributed by atoms with Crippen LogP contribution in [0.5, 0.6) is 0 Å². The van der Waals surface area contributed by atoms with Gasteiger partial charge in [-0.1, -0.05) is 20.8 Å². The van der Waals surface area contributed by atoms with Gasteiger partial charge in [-0.05, 0) is 32.0 Å². The summed E-state index contributed by atoms with van der Waals surface area (Å²) in [6.07, 6.45) is -0.433. The highest BCUT2D eigenvalue weighted by Gasteiger charge is 2.52. The Kier molecular flexibility index (Phi) is 4.90. The summed E-state index contributed by atoms with van der Waals surface area (Å²) in [6, 6.07) is 0. The van der Waals surface area contributed by atoms with Gasteiger partial charge in [0.25, 0.3) is 0 Å². The molecule has 2 saturated heterocycles. The van der Waals surface area contributed by atoms with E-state index in [9.17, 15) is 5.11 Å². The Morgan fingerprint density at radius 1 is 1.33 bits per heavy atom. The summed E-state index contributed by atoms with van der Waals surface area (Å²) in [4.78, 5) is 0. The Balaban J connectivity index is 1.91. The first-order valence-electron chi connectivity index (χ1n) is 7.72. The number of hydrogen-bond donors (Lipinski definition) is 1. The van der Waals surface area contributed by atoms with Crippen molar-refractivity contribution in [2.75, 3.05) is 12.4 Å². The van der Waals surface area contributed by atoms with Gasteiger partial charge in [-0.25, -0.2) is 0 Å².